The molecule has 5 heteroatoms. The lowest BCUT2D eigenvalue weighted by atomic mass is 9.83. The number of piperidine rings is 1. The molecule has 0 aromatic heterocycles. The zero-order chi connectivity index (χ0) is 20.2. The molecule has 2 aromatic rings. The monoisotopic (exact) mass is 391 g/mol. The molecule has 2 unspecified atom stereocenters. The quantitative estimate of drug-likeness (QED) is 0.701. The summed E-state index contributed by atoms with van der Waals surface area (Å²) in [5.41, 5.74) is 3.85. The molecule has 1 saturated heterocycles. The summed E-state index contributed by atoms with van der Waals surface area (Å²) >= 11 is 0. The van der Waals surface area contributed by atoms with Crippen LogP contribution in [0.3, 0.4) is 0 Å². The minimum atomic E-state index is -0.335. The zero-order valence-corrected chi connectivity index (χ0v) is 16.5. The van der Waals surface area contributed by atoms with Crippen molar-refractivity contribution in [3.8, 4) is 0 Å². The molecular formula is C24H25NO4. The third kappa shape index (κ3) is 4.19. The minimum Gasteiger partial charge on any atom is -0.465 e. The van der Waals surface area contributed by atoms with E-state index in [9.17, 15) is 9.59 Å². The highest BCUT2D eigenvalue weighted by Gasteiger charge is 2.38. The molecule has 2 aliphatic heterocycles. The van der Waals surface area contributed by atoms with Gasteiger partial charge in [-0.2, -0.15) is 0 Å². The number of hydrogen-bond acceptors (Lipinski definition) is 4. The molecule has 2 aliphatic rings. The Balaban J connectivity index is 1.48. The van der Waals surface area contributed by atoms with Crippen LogP contribution in [0.5, 0.6) is 0 Å². The van der Waals surface area contributed by atoms with Crippen molar-refractivity contribution in [2.45, 2.75) is 44.4 Å². The van der Waals surface area contributed by atoms with E-state index in [0.717, 1.165) is 36.8 Å². The molecule has 29 heavy (non-hydrogen) atoms. The molecule has 2 atom stereocenters. The maximum Gasteiger partial charge on any atom is 0.410 e. The van der Waals surface area contributed by atoms with Gasteiger partial charge >= 0.3 is 12.1 Å². The van der Waals surface area contributed by atoms with E-state index in [1.807, 2.05) is 47.4 Å². The standard InChI is InChI=1S/C24H25NO4/c1-28-23(26)19-12-10-18(11-13-19)20-14-21-8-5-9-22(15-20)25(21)24(27)29-16-17-6-3-2-4-7-17/h2-4,6-7,10-14,21-22H,5,8-9,15-16H2,1H3. The van der Waals surface area contributed by atoms with E-state index in [0.29, 0.717) is 12.2 Å². The van der Waals surface area contributed by atoms with Gasteiger partial charge in [0.2, 0.25) is 0 Å². The number of ether oxygens (including phenoxy) is 2. The first kappa shape index (κ1) is 19.2. The van der Waals surface area contributed by atoms with Crippen molar-refractivity contribution in [1.29, 1.82) is 0 Å². The van der Waals surface area contributed by atoms with Crippen molar-refractivity contribution in [2.24, 2.45) is 0 Å². The molecule has 150 valence electrons. The Morgan fingerprint density at radius 3 is 2.48 bits per heavy atom. The highest BCUT2D eigenvalue weighted by atomic mass is 16.6. The average molecular weight is 391 g/mol. The number of amides is 1. The SMILES string of the molecule is COC(=O)c1ccc(C2=CC3CCCC(C2)N3C(=O)OCc2ccccc2)cc1. The van der Waals surface area contributed by atoms with Crippen molar-refractivity contribution in [1.82, 2.24) is 4.90 Å². The molecule has 0 N–H and O–H groups in total. The van der Waals surface area contributed by atoms with Gasteiger partial charge in [0, 0.05) is 6.04 Å². The Labute approximate surface area is 170 Å². The molecule has 0 spiro atoms. The van der Waals surface area contributed by atoms with E-state index in [1.165, 1.54) is 12.7 Å². The predicted octanol–water partition coefficient (Wildman–Crippen LogP) is 4.82. The number of carbonyl (C=O) groups excluding carboxylic acids is 2. The third-order valence-electron chi connectivity index (χ3n) is 5.73. The lowest BCUT2D eigenvalue weighted by Gasteiger charge is -2.44. The number of nitrogens with zero attached hydrogens (tertiary/aromatic N) is 1. The Hall–Kier alpha value is -3.08. The summed E-state index contributed by atoms with van der Waals surface area (Å²) < 4.78 is 10.4. The summed E-state index contributed by atoms with van der Waals surface area (Å²) in [5, 5.41) is 0. The van der Waals surface area contributed by atoms with Crippen molar-refractivity contribution in [2.75, 3.05) is 7.11 Å². The van der Waals surface area contributed by atoms with Crippen molar-refractivity contribution < 1.29 is 19.1 Å². The first-order valence-corrected chi connectivity index (χ1v) is 10.0. The van der Waals surface area contributed by atoms with Crippen LogP contribution >= 0.6 is 0 Å². The maximum absolute atomic E-state index is 12.8. The second-order valence-electron chi connectivity index (χ2n) is 7.56. The topological polar surface area (TPSA) is 55.8 Å². The lowest BCUT2D eigenvalue weighted by Crippen LogP contribution is -2.51. The van der Waals surface area contributed by atoms with Crippen molar-refractivity contribution >= 4 is 17.6 Å². The molecule has 1 fully saturated rings. The third-order valence-corrected chi connectivity index (χ3v) is 5.73. The molecule has 1 amide bonds. The van der Waals surface area contributed by atoms with E-state index >= 15 is 0 Å². The summed E-state index contributed by atoms with van der Waals surface area (Å²) in [6.45, 7) is 0.293. The largest absolute Gasteiger partial charge is 0.465 e. The van der Waals surface area contributed by atoms with Crippen molar-refractivity contribution in [3.63, 3.8) is 0 Å². The van der Waals surface area contributed by atoms with Gasteiger partial charge in [0.15, 0.2) is 0 Å². The molecular weight excluding hydrogens is 366 g/mol. The Morgan fingerprint density at radius 1 is 1.03 bits per heavy atom. The van der Waals surface area contributed by atoms with Gasteiger partial charge in [-0.1, -0.05) is 48.5 Å². The van der Waals surface area contributed by atoms with E-state index in [-0.39, 0.29) is 24.1 Å². The fraction of sp³-hybridized carbons (Fsp3) is 0.333. The molecule has 4 rings (SSSR count). The maximum atomic E-state index is 12.8. The highest BCUT2D eigenvalue weighted by Crippen LogP contribution is 2.37. The van der Waals surface area contributed by atoms with Gasteiger partial charge in [-0.15, -0.1) is 0 Å². The normalized spacial score (nSPS) is 20.6. The van der Waals surface area contributed by atoms with Crippen LogP contribution in [0, 0.1) is 0 Å². The van der Waals surface area contributed by atoms with Crippen LogP contribution < -0.4 is 0 Å². The highest BCUT2D eigenvalue weighted by molar-refractivity contribution is 5.89. The fourth-order valence-corrected chi connectivity index (χ4v) is 4.26. The number of esters is 1. The summed E-state index contributed by atoms with van der Waals surface area (Å²) in [4.78, 5) is 26.4. The van der Waals surface area contributed by atoms with Gasteiger partial charge in [-0.25, -0.2) is 9.59 Å². The van der Waals surface area contributed by atoms with Crippen LogP contribution in [0.25, 0.3) is 5.57 Å². The Morgan fingerprint density at radius 2 is 1.79 bits per heavy atom. The second kappa shape index (κ2) is 8.52. The van der Waals surface area contributed by atoms with Crippen LogP contribution in [0.4, 0.5) is 4.79 Å². The van der Waals surface area contributed by atoms with E-state index < -0.39 is 0 Å². The smallest absolute Gasteiger partial charge is 0.410 e. The molecule has 0 aliphatic carbocycles. The first-order valence-electron chi connectivity index (χ1n) is 10.0. The van der Waals surface area contributed by atoms with E-state index in [4.69, 9.17) is 9.47 Å². The lowest BCUT2D eigenvalue weighted by molar-refractivity contribution is 0.0509. The van der Waals surface area contributed by atoms with Gasteiger partial charge in [-0.05, 0) is 54.5 Å². The summed E-state index contributed by atoms with van der Waals surface area (Å²) in [7, 11) is 1.38. The number of methoxy groups -OCH3 is 1. The van der Waals surface area contributed by atoms with Gasteiger partial charge < -0.3 is 9.47 Å². The number of benzene rings is 2. The number of hydrogen-bond donors (Lipinski definition) is 0. The molecule has 5 nitrogen and oxygen atoms in total. The van der Waals surface area contributed by atoms with Crippen LogP contribution in [0.15, 0.2) is 60.7 Å². The van der Waals surface area contributed by atoms with Crippen LogP contribution in [-0.4, -0.2) is 36.2 Å². The van der Waals surface area contributed by atoms with Crippen LogP contribution in [0.2, 0.25) is 0 Å². The zero-order valence-electron chi connectivity index (χ0n) is 16.5. The summed E-state index contributed by atoms with van der Waals surface area (Å²) in [6, 6.07) is 17.5. The van der Waals surface area contributed by atoms with Gasteiger partial charge in [0.05, 0.1) is 18.7 Å². The van der Waals surface area contributed by atoms with E-state index in [2.05, 4.69) is 6.08 Å². The van der Waals surface area contributed by atoms with Gasteiger partial charge in [0.25, 0.3) is 0 Å². The Kier molecular flexibility index (Phi) is 5.65. The fourth-order valence-electron chi connectivity index (χ4n) is 4.26. The second-order valence-corrected chi connectivity index (χ2v) is 7.56. The van der Waals surface area contributed by atoms with Crippen molar-refractivity contribution in [3.05, 3.63) is 77.4 Å². The molecule has 2 heterocycles. The molecule has 2 aromatic carbocycles. The number of carbonyl (C=O) groups is 2. The van der Waals surface area contributed by atoms with Crippen LogP contribution in [-0.2, 0) is 16.1 Å². The molecule has 2 bridgehead atoms. The minimum absolute atomic E-state index is 0.0565. The number of fused-ring (bicyclic) bond motifs is 2. The molecule has 0 radical (unpaired) electrons. The van der Waals surface area contributed by atoms with Gasteiger partial charge in [0.1, 0.15) is 6.61 Å². The summed E-state index contributed by atoms with van der Waals surface area (Å²) in [6.07, 6.45) is 5.79. The van der Waals surface area contributed by atoms with Crippen LogP contribution in [0.1, 0.15) is 47.2 Å². The predicted molar refractivity (Wildman–Crippen MR) is 110 cm³/mol. The Bertz CT molecular complexity index is 904. The first-order chi connectivity index (χ1) is 14.2. The average Bonchev–Trinajstić information content (AvgIpc) is 2.77. The van der Waals surface area contributed by atoms with Gasteiger partial charge in [-0.3, -0.25) is 4.90 Å². The van der Waals surface area contributed by atoms with E-state index in [1.54, 1.807) is 12.1 Å². The molecule has 0 saturated carbocycles. The summed E-state index contributed by atoms with van der Waals surface area (Å²) in [5.74, 6) is -0.335. The number of rotatable bonds is 4.